The molecule has 3 N–H and O–H groups in total. The summed E-state index contributed by atoms with van der Waals surface area (Å²) < 4.78 is 0. The number of anilines is 2. The molecule has 10 heavy (non-hydrogen) atoms. The molecule has 1 aromatic carbocycles. The highest BCUT2D eigenvalue weighted by atomic mass is 16.5. The normalized spacial score (nSPS) is 9.00. The fourth-order valence-electron chi connectivity index (χ4n) is 0.744. The molecule has 0 saturated carbocycles. The standard InChI is InChI=1S/C7H10N2O/c1-8-6-3-2-4-7(5-6)9-10/h2-5,8-10H,1H3. The van der Waals surface area contributed by atoms with Crippen molar-refractivity contribution in [3.05, 3.63) is 24.3 Å². The molecule has 0 unspecified atom stereocenters. The van der Waals surface area contributed by atoms with E-state index in [1.165, 1.54) is 0 Å². The molecule has 3 heteroatoms. The van der Waals surface area contributed by atoms with Crippen molar-refractivity contribution in [1.82, 2.24) is 0 Å². The smallest absolute Gasteiger partial charge is 0.0622 e. The van der Waals surface area contributed by atoms with Crippen LogP contribution < -0.4 is 10.8 Å². The van der Waals surface area contributed by atoms with E-state index in [2.05, 4.69) is 10.8 Å². The maximum atomic E-state index is 8.48. The lowest BCUT2D eigenvalue weighted by molar-refractivity contribution is 0.389. The first-order valence-corrected chi connectivity index (χ1v) is 3.04. The highest BCUT2D eigenvalue weighted by Gasteiger charge is 1.89. The Morgan fingerprint density at radius 3 is 2.60 bits per heavy atom. The minimum atomic E-state index is 0.687. The molecule has 0 bridgehead atoms. The zero-order chi connectivity index (χ0) is 7.40. The maximum Gasteiger partial charge on any atom is 0.0622 e. The fourth-order valence-corrected chi connectivity index (χ4v) is 0.744. The lowest BCUT2D eigenvalue weighted by Crippen LogP contribution is -1.91. The summed E-state index contributed by atoms with van der Waals surface area (Å²) in [6.07, 6.45) is 0. The van der Waals surface area contributed by atoms with Crippen molar-refractivity contribution in [2.75, 3.05) is 17.8 Å². The van der Waals surface area contributed by atoms with Gasteiger partial charge in [0.15, 0.2) is 0 Å². The third-order valence-corrected chi connectivity index (χ3v) is 1.28. The first-order valence-electron chi connectivity index (χ1n) is 3.04. The number of hydrogen-bond donors (Lipinski definition) is 3. The van der Waals surface area contributed by atoms with Gasteiger partial charge in [-0.1, -0.05) is 6.07 Å². The van der Waals surface area contributed by atoms with Crippen LogP contribution in [-0.4, -0.2) is 12.3 Å². The second kappa shape index (κ2) is 3.08. The molecule has 0 heterocycles. The molecule has 0 aromatic heterocycles. The van der Waals surface area contributed by atoms with Crippen molar-refractivity contribution >= 4 is 11.4 Å². The Morgan fingerprint density at radius 2 is 2.00 bits per heavy atom. The van der Waals surface area contributed by atoms with Crippen LogP contribution in [0.5, 0.6) is 0 Å². The van der Waals surface area contributed by atoms with E-state index in [4.69, 9.17) is 5.21 Å². The molecule has 0 aliphatic rings. The molecular formula is C7H10N2O. The molecule has 0 aliphatic carbocycles. The van der Waals surface area contributed by atoms with Crippen LogP contribution in [0.25, 0.3) is 0 Å². The third kappa shape index (κ3) is 1.39. The minimum Gasteiger partial charge on any atom is -0.388 e. The SMILES string of the molecule is CNc1cccc(NO)c1. The lowest BCUT2D eigenvalue weighted by Gasteiger charge is -2.01. The van der Waals surface area contributed by atoms with Gasteiger partial charge in [0.05, 0.1) is 5.69 Å². The summed E-state index contributed by atoms with van der Waals surface area (Å²) in [5, 5.41) is 11.4. The van der Waals surface area contributed by atoms with Gasteiger partial charge in [-0.05, 0) is 18.2 Å². The first kappa shape index (κ1) is 6.89. The Balaban J connectivity index is 2.87. The van der Waals surface area contributed by atoms with E-state index in [0.29, 0.717) is 5.69 Å². The number of benzene rings is 1. The van der Waals surface area contributed by atoms with Gasteiger partial charge in [0.2, 0.25) is 0 Å². The van der Waals surface area contributed by atoms with Crippen LogP contribution in [0, 0.1) is 0 Å². The van der Waals surface area contributed by atoms with Crippen molar-refractivity contribution in [1.29, 1.82) is 0 Å². The Labute approximate surface area is 59.6 Å². The van der Waals surface area contributed by atoms with Gasteiger partial charge in [-0.2, -0.15) is 0 Å². The van der Waals surface area contributed by atoms with Gasteiger partial charge >= 0.3 is 0 Å². The van der Waals surface area contributed by atoms with E-state index in [9.17, 15) is 0 Å². The molecule has 1 aromatic rings. The second-order valence-electron chi connectivity index (χ2n) is 1.94. The first-order chi connectivity index (χ1) is 4.86. The molecule has 0 atom stereocenters. The summed E-state index contributed by atoms with van der Waals surface area (Å²) in [6, 6.07) is 7.35. The van der Waals surface area contributed by atoms with Crippen molar-refractivity contribution in [3.8, 4) is 0 Å². The highest BCUT2D eigenvalue weighted by Crippen LogP contribution is 2.12. The van der Waals surface area contributed by atoms with Crippen LogP contribution in [0.2, 0.25) is 0 Å². The molecule has 54 valence electrons. The monoisotopic (exact) mass is 138 g/mol. The van der Waals surface area contributed by atoms with Crippen LogP contribution in [0.15, 0.2) is 24.3 Å². The molecule has 0 fully saturated rings. The van der Waals surface area contributed by atoms with Crippen LogP contribution in [0.1, 0.15) is 0 Å². The van der Waals surface area contributed by atoms with E-state index in [1.54, 1.807) is 12.1 Å². The van der Waals surface area contributed by atoms with Gasteiger partial charge in [-0.3, -0.25) is 10.7 Å². The average Bonchev–Trinajstić information content (AvgIpc) is 2.05. The maximum absolute atomic E-state index is 8.48. The van der Waals surface area contributed by atoms with Gasteiger partial charge in [-0.15, -0.1) is 0 Å². The summed E-state index contributed by atoms with van der Waals surface area (Å²) >= 11 is 0. The Morgan fingerprint density at radius 1 is 1.30 bits per heavy atom. The molecule has 0 aliphatic heterocycles. The minimum absolute atomic E-state index is 0.687. The molecule has 1 rings (SSSR count). The molecule has 0 radical (unpaired) electrons. The molecule has 3 nitrogen and oxygen atoms in total. The quantitative estimate of drug-likeness (QED) is 0.543. The Kier molecular flexibility index (Phi) is 2.12. The topological polar surface area (TPSA) is 44.3 Å². The second-order valence-corrected chi connectivity index (χ2v) is 1.94. The van der Waals surface area contributed by atoms with Crippen LogP contribution >= 0.6 is 0 Å². The molecule has 0 amide bonds. The predicted octanol–water partition coefficient (Wildman–Crippen LogP) is 1.53. The summed E-state index contributed by atoms with van der Waals surface area (Å²) in [4.78, 5) is 0. The highest BCUT2D eigenvalue weighted by molar-refractivity contribution is 5.55. The largest absolute Gasteiger partial charge is 0.388 e. The van der Waals surface area contributed by atoms with Gasteiger partial charge in [-0.25, -0.2) is 0 Å². The van der Waals surface area contributed by atoms with Crippen LogP contribution in [-0.2, 0) is 0 Å². The van der Waals surface area contributed by atoms with E-state index >= 15 is 0 Å². The number of rotatable bonds is 2. The Hall–Kier alpha value is -1.22. The van der Waals surface area contributed by atoms with Gasteiger partial charge in [0.1, 0.15) is 0 Å². The van der Waals surface area contributed by atoms with Gasteiger partial charge in [0, 0.05) is 12.7 Å². The van der Waals surface area contributed by atoms with Gasteiger partial charge < -0.3 is 5.32 Å². The van der Waals surface area contributed by atoms with Gasteiger partial charge in [0.25, 0.3) is 0 Å². The lowest BCUT2D eigenvalue weighted by atomic mass is 10.3. The van der Waals surface area contributed by atoms with E-state index in [1.807, 2.05) is 19.2 Å². The molecular weight excluding hydrogens is 128 g/mol. The van der Waals surface area contributed by atoms with Crippen LogP contribution in [0.4, 0.5) is 11.4 Å². The molecule has 0 saturated heterocycles. The van der Waals surface area contributed by atoms with Crippen LogP contribution in [0.3, 0.4) is 0 Å². The zero-order valence-corrected chi connectivity index (χ0v) is 5.76. The predicted molar refractivity (Wildman–Crippen MR) is 41.4 cm³/mol. The number of nitrogens with one attached hydrogen (secondary N) is 2. The Bertz CT molecular complexity index is 193. The van der Waals surface area contributed by atoms with Crippen molar-refractivity contribution in [3.63, 3.8) is 0 Å². The van der Waals surface area contributed by atoms with E-state index < -0.39 is 0 Å². The fraction of sp³-hybridized carbons (Fsp3) is 0.143. The van der Waals surface area contributed by atoms with E-state index in [-0.39, 0.29) is 0 Å². The zero-order valence-electron chi connectivity index (χ0n) is 5.76. The van der Waals surface area contributed by atoms with Crippen molar-refractivity contribution in [2.45, 2.75) is 0 Å². The molecule has 0 spiro atoms. The summed E-state index contributed by atoms with van der Waals surface area (Å²) in [5.74, 6) is 0. The van der Waals surface area contributed by atoms with Crippen molar-refractivity contribution in [2.24, 2.45) is 0 Å². The average molecular weight is 138 g/mol. The summed E-state index contributed by atoms with van der Waals surface area (Å²) in [7, 11) is 1.83. The number of hydrogen-bond acceptors (Lipinski definition) is 3. The summed E-state index contributed by atoms with van der Waals surface area (Å²) in [5.41, 5.74) is 3.72. The van der Waals surface area contributed by atoms with E-state index in [0.717, 1.165) is 5.69 Å². The third-order valence-electron chi connectivity index (χ3n) is 1.28. The summed E-state index contributed by atoms with van der Waals surface area (Å²) in [6.45, 7) is 0. The van der Waals surface area contributed by atoms with Crippen molar-refractivity contribution < 1.29 is 5.21 Å².